The first-order valence-corrected chi connectivity index (χ1v) is 19.7. The van der Waals surface area contributed by atoms with Crippen LogP contribution in [0, 0.1) is 0 Å². The number of H-pyrrole nitrogens is 1. The Bertz CT molecular complexity index is 2380. The van der Waals surface area contributed by atoms with E-state index in [2.05, 4.69) is 58.8 Å². The van der Waals surface area contributed by atoms with Crippen molar-refractivity contribution in [2.24, 2.45) is 16.5 Å². The van der Waals surface area contributed by atoms with Crippen molar-refractivity contribution in [1.29, 1.82) is 0 Å². The molecule has 28 nitrogen and oxygen atoms in total. The van der Waals surface area contributed by atoms with Crippen LogP contribution >= 0.6 is 12.6 Å². The van der Waals surface area contributed by atoms with Crippen molar-refractivity contribution in [3.63, 3.8) is 0 Å². The average molecular weight is 931 g/mol. The third-order valence-electron chi connectivity index (χ3n) is 8.97. The molecule has 0 bridgehead atoms. The summed E-state index contributed by atoms with van der Waals surface area (Å²) in [6.45, 7) is -0.0939. The van der Waals surface area contributed by atoms with E-state index < -0.39 is 121 Å². The Morgan fingerprint density at radius 1 is 0.769 bits per heavy atom. The quantitative estimate of drug-likeness (QED) is 0.0167. The third-order valence-corrected chi connectivity index (χ3v) is 9.33. The average Bonchev–Trinajstić information content (AvgIpc) is 3.23. The number of aromatic amines is 1. The summed E-state index contributed by atoms with van der Waals surface area (Å²) in [5, 5.41) is 48.8. The van der Waals surface area contributed by atoms with Crippen LogP contribution in [0.25, 0.3) is 11.2 Å². The van der Waals surface area contributed by atoms with Crippen LogP contribution in [0.3, 0.4) is 0 Å². The molecule has 3 aromatic rings. The van der Waals surface area contributed by atoms with Gasteiger partial charge in [-0.25, -0.2) is 19.6 Å². The van der Waals surface area contributed by atoms with Crippen molar-refractivity contribution in [2.45, 2.75) is 68.7 Å². The lowest BCUT2D eigenvalue weighted by atomic mass is 10.1. The first-order valence-electron chi connectivity index (χ1n) is 19.0. The number of nitrogens with zero attached hydrogens (tertiary/aromatic N) is 5. The lowest BCUT2D eigenvalue weighted by Crippen LogP contribution is -2.58. The lowest BCUT2D eigenvalue weighted by molar-refractivity contribution is -0.143. The number of thiol groups is 1. The van der Waals surface area contributed by atoms with Gasteiger partial charge in [0.05, 0.1) is 19.0 Å². The highest BCUT2D eigenvalue weighted by Crippen LogP contribution is 2.22. The van der Waals surface area contributed by atoms with Crippen LogP contribution in [0.15, 0.2) is 40.2 Å². The van der Waals surface area contributed by atoms with Crippen LogP contribution in [-0.4, -0.2) is 149 Å². The fraction of sp³-hybridized carbons (Fsp3) is 0.389. The number of aliphatic imine (C=N–C) groups is 1. The maximum absolute atomic E-state index is 13.4. The second-order valence-corrected chi connectivity index (χ2v) is 14.2. The maximum Gasteiger partial charge on any atom is 0.327 e. The Labute approximate surface area is 371 Å². The Morgan fingerprint density at radius 2 is 1.32 bits per heavy atom. The molecule has 5 atom stereocenters. The zero-order chi connectivity index (χ0) is 48.5. The van der Waals surface area contributed by atoms with Gasteiger partial charge in [0.2, 0.25) is 29.6 Å². The van der Waals surface area contributed by atoms with Gasteiger partial charge in [-0.15, -0.1) is 0 Å². The second-order valence-electron chi connectivity index (χ2n) is 13.8. The molecule has 0 unspecified atom stereocenters. The number of anilines is 3. The number of aromatic nitrogens is 4. The second kappa shape index (κ2) is 23.9. The number of amides is 5. The number of fused-ring (bicyclic) bond motifs is 1. The monoisotopic (exact) mass is 930 g/mol. The molecule has 3 rings (SSSR count). The molecule has 1 aromatic carbocycles. The molecule has 2 aromatic heterocycles. The summed E-state index contributed by atoms with van der Waals surface area (Å²) in [5.41, 5.74) is 16.0. The number of nitrogens with one attached hydrogen (secondary N) is 6. The van der Waals surface area contributed by atoms with Crippen LogP contribution in [0.2, 0.25) is 0 Å². The van der Waals surface area contributed by atoms with E-state index in [1.54, 1.807) is 7.05 Å². The minimum absolute atomic E-state index is 0.00525. The fourth-order valence-corrected chi connectivity index (χ4v) is 5.89. The van der Waals surface area contributed by atoms with Crippen LogP contribution < -0.4 is 54.2 Å². The number of rotatable bonds is 25. The molecule has 0 aliphatic heterocycles. The molecule has 2 heterocycles. The van der Waals surface area contributed by atoms with E-state index in [0.29, 0.717) is 5.69 Å². The SMILES string of the molecule is CN(c1ccc(C(=O)N[C@@H](CCC(=O)N[C@@H](CC(=O)O)C(=O)N[C@@H](CCCN=C(N)N)C(=O)N[C@@H](CC(=O)O)C(=O)N[C@H](CS)C(=O)O)C(=O)O)cc1)c1cnc2nc(N)[nH]c(=O)c2n1. The normalized spacial score (nSPS) is 13.1. The molecular formula is C36H46N14O14S. The fourth-order valence-electron chi connectivity index (χ4n) is 5.64. The highest BCUT2D eigenvalue weighted by Gasteiger charge is 2.33. The van der Waals surface area contributed by atoms with Gasteiger partial charge in [-0.3, -0.25) is 48.3 Å². The Morgan fingerprint density at radius 3 is 1.88 bits per heavy atom. The Balaban J connectivity index is 1.70. The molecule has 0 aliphatic rings. The maximum atomic E-state index is 13.4. The number of carbonyl (C=O) groups is 9. The van der Waals surface area contributed by atoms with Gasteiger partial charge < -0.3 is 69.1 Å². The smallest absolute Gasteiger partial charge is 0.327 e. The highest BCUT2D eigenvalue weighted by atomic mass is 32.1. The molecule has 0 fully saturated rings. The van der Waals surface area contributed by atoms with Crippen LogP contribution in [0.5, 0.6) is 0 Å². The van der Waals surface area contributed by atoms with Crippen LogP contribution in [-0.2, 0) is 38.4 Å². The summed E-state index contributed by atoms with van der Waals surface area (Å²) >= 11 is 3.82. The van der Waals surface area contributed by atoms with E-state index >= 15 is 0 Å². The van der Waals surface area contributed by atoms with Gasteiger partial charge in [0.25, 0.3) is 11.5 Å². The number of nitrogens with two attached hydrogens (primary N) is 3. The number of hydrogen-bond acceptors (Lipinski definition) is 17. The Hall–Kier alpha value is -8.11. The summed E-state index contributed by atoms with van der Waals surface area (Å²) < 4.78 is 0. The number of carboxylic acid groups (broad SMARTS) is 4. The van der Waals surface area contributed by atoms with E-state index in [-0.39, 0.29) is 53.8 Å². The minimum Gasteiger partial charge on any atom is -0.481 e. The predicted molar refractivity (Wildman–Crippen MR) is 229 cm³/mol. The van der Waals surface area contributed by atoms with Crippen LogP contribution in [0.1, 0.15) is 48.9 Å². The molecule has 0 radical (unpaired) electrons. The van der Waals surface area contributed by atoms with Gasteiger partial charge in [-0.2, -0.15) is 17.6 Å². The lowest BCUT2D eigenvalue weighted by Gasteiger charge is -2.25. The summed E-state index contributed by atoms with van der Waals surface area (Å²) in [4.78, 5) is 145. The largest absolute Gasteiger partial charge is 0.481 e. The molecule has 350 valence electrons. The van der Waals surface area contributed by atoms with Crippen molar-refractivity contribution in [1.82, 2.24) is 46.5 Å². The van der Waals surface area contributed by atoms with Crippen molar-refractivity contribution in [2.75, 3.05) is 30.0 Å². The van der Waals surface area contributed by atoms with Crippen molar-refractivity contribution in [3.8, 4) is 0 Å². The van der Waals surface area contributed by atoms with Gasteiger partial charge in [0.1, 0.15) is 30.2 Å². The van der Waals surface area contributed by atoms with E-state index in [4.69, 9.17) is 17.2 Å². The van der Waals surface area contributed by atoms with E-state index in [9.17, 15) is 68.4 Å². The summed E-state index contributed by atoms with van der Waals surface area (Å²) in [6.07, 6.45) is -2.28. The van der Waals surface area contributed by atoms with Gasteiger partial charge in [0, 0.05) is 37.0 Å². The van der Waals surface area contributed by atoms with Gasteiger partial charge >= 0.3 is 23.9 Å². The first kappa shape index (κ1) is 51.2. The number of guanidine groups is 1. The molecule has 0 spiro atoms. The molecule has 0 saturated carbocycles. The van der Waals surface area contributed by atoms with Gasteiger partial charge in [0.15, 0.2) is 22.9 Å². The number of aliphatic carboxylic acids is 4. The minimum atomic E-state index is -1.89. The first-order chi connectivity index (χ1) is 30.6. The zero-order valence-electron chi connectivity index (χ0n) is 34.2. The molecule has 0 saturated heterocycles. The third kappa shape index (κ3) is 15.9. The van der Waals surface area contributed by atoms with Crippen molar-refractivity contribution >= 4 is 101 Å². The van der Waals surface area contributed by atoms with Gasteiger partial charge in [-0.05, 0) is 43.5 Å². The number of hydrogen-bond donors (Lipinski definition) is 14. The van der Waals surface area contributed by atoms with E-state index in [0.717, 1.165) is 0 Å². The molecule has 5 amide bonds. The highest BCUT2D eigenvalue weighted by molar-refractivity contribution is 7.80. The topological polar surface area (TPSA) is 460 Å². The summed E-state index contributed by atoms with van der Waals surface area (Å²) in [7, 11) is 1.60. The zero-order valence-corrected chi connectivity index (χ0v) is 35.1. The van der Waals surface area contributed by atoms with Crippen molar-refractivity contribution < 1.29 is 63.6 Å². The molecule has 16 N–H and O–H groups in total. The molecule has 65 heavy (non-hydrogen) atoms. The molecule has 29 heteroatoms. The molecular weight excluding hydrogens is 885 g/mol. The van der Waals surface area contributed by atoms with Crippen LogP contribution in [0.4, 0.5) is 17.5 Å². The number of benzene rings is 1. The van der Waals surface area contributed by atoms with Gasteiger partial charge in [-0.1, -0.05) is 0 Å². The summed E-state index contributed by atoms with van der Waals surface area (Å²) in [5.74, 6) is -12.4. The van der Waals surface area contributed by atoms with E-state index in [1.165, 1.54) is 35.4 Å². The number of nitrogen functional groups attached to an aromatic ring is 1. The summed E-state index contributed by atoms with van der Waals surface area (Å²) in [6, 6.07) is -2.93. The standard InChI is InChI=1S/C36H46N14O14S/c1-50(22-13-41-27-26(47-22)32(60)49-36(39)48-27)16-6-4-15(5-7-16)28(56)44-18(33(61)62)8-9-23(51)42-19(11-24(52)53)30(58)43-17(3-2-10-40-35(37)38)29(57)45-20(12-25(54)55)31(59)46-21(14-65)34(63)64/h4-7,13,17-21,65H,2-3,8-12,14H2,1H3,(H,42,51)(H,43,58)(H,44,56)(H,45,57)(H,46,59)(H,52,53)(H,54,55)(H,61,62)(H,63,64)(H4,37,38,40)(H3,39,41,48,49,60)/t17-,18-,19-,20-,21+/m0/s1. The van der Waals surface area contributed by atoms with Crippen molar-refractivity contribution in [3.05, 3.63) is 46.4 Å². The van der Waals surface area contributed by atoms with E-state index in [1.807, 2.05) is 5.32 Å². The Kier molecular flexibility index (Phi) is 18.9. The molecule has 0 aliphatic carbocycles. The number of carboxylic acids is 4. The predicted octanol–water partition coefficient (Wildman–Crippen LogP) is -4.02. The number of carbonyl (C=O) groups excluding carboxylic acids is 5.